The first-order chi connectivity index (χ1) is 15.4. The van der Waals surface area contributed by atoms with E-state index in [0.29, 0.717) is 34.5 Å². The van der Waals surface area contributed by atoms with E-state index in [4.69, 9.17) is 0 Å². The van der Waals surface area contributed by atoms with Crippen molar-refractivity contribution in [2.45, 2.75) is 6.42 Å². The Kier molecular flexibility index (Phi) is 4.55. The molecule has 7 nitrogen and oxygen atoms in total. The number of benzene rings is 3. The first-order valence-electron chi connectivity index (χ1n) is 9.90. The molecule has 158 valence electrons. The molecule has 1 aliphatic rings. The Morgan fingerprint density at radius 1 is 1.03 bits per heavy atom. The van der Waals surface area contributed by atoms with Crippen LogP contribution in [0, 0.1) is 5.82 Å². The van der Waals surface area contributed by atoms with Crippen LogP contribution >= 0.6 is 0 Å². The standard InChI is InChI=1S/C24H17FN4O3/c1-29-23(31)16-8-6-14(10-17(16)24(29)32)22(30)26-15-7-9-19-20(12-15)28-21(27-19)11-13-4-2-3-5-18(13)25/h2-10,12H,11H2,1H3,(H,26,30)(H,27,28). The summed E-state index contributed by atoms with van der Waals surface area (Å²) in [6.07, 6.45) is 0.319. The van der Waals surface area contributed by atoms with E-state index >= 15 is 0 Å². The fourth-order valence-electron chi connectivity index (χ4n) is 3.75. The maximum Gasteiger partial charge on any atom is 0.261 e. The molecule has 0 unspecified atom stereocenters. The summed E-state index contributed by atoms with van der Waals surface area (Å²) in [7, 11) is 1.41. The van der Waals surface area contributed by atoms with Crippen LogP contribution in [0.3, 0.4) is 0 Å². The molecule has 0 radical (unpaired) electrons. The summed E-state index contributed by atoms with van der Waals surface area (Å²) in [4.78, 5) is 45.6. The second-order valence-corrected chi connectivity index (χ2v) is 7.57. The van der Waals surface area contributed by atoms with Crippen molar-refractivity contribution in [3.63, 3.8) is 0 Å². The number of hydrogen-bond acceptors (Lipinski definition) is 4. The van der Waals surface area contributed by atoms with E-state index in [1.165, 1.54) is 31.3 Å². The quantitative estimate of drug-likeness (QED) is 0.484. The van der Waals surface area contributed by atoms with Crippen molar-refractivity contribution in [2.24, 2.45) is 0 Å². The Balaban J connectivity index is 1.37. The van der Waals surface area contributed by atoms with Gasteiger partial charge in [0.05, 0.1) is 22.2 Å². The van der Waals surface area contributed by atoms with Crippen LogP contribution in [0.25, 0.3) is 11.0 Å². The van der Waals surface area contributed by atoms with Crippen LogP contribution in [-0.2, 0) is 6.42 Å². The second-order valence-electron chi connectivity index (χ2n) is 7.57. The van der Waals surface area contributed by atoms with Gasteiger partial charge in [-0.2, -0.15) is 0 Å². The molecule has 0 saturated carbocycles. The zero-order valence-electron chi connectivity index (χ0n) is 17.0. The van der Waals surface area contributed by atoms with Gasteiger partial charge in [0.25, 0.3) is 17.7 Å². The number of aromatic nitrogens is 2. The molecule has 1 aromatic heterocycles. The van der Waals surface area contributed by atoms with Crippen molar-refractivity contribution < 1.29 is 18.8 Å². The summed E-state index contributed by atoms with van der Waals surface area (Å²) in [6.45, 7) is 0. The maximum absolute atomic E-state index is 13.9. The van der Waals surface area contributed by atoms with Gasteiger partial charge in [-0.05, 0) is 48.0 Å². The third-order valence-electron chi connectivity index (χ3n) is 5.46. The van der Waals surface area contributed by atoms with Crippen LogP contribution in [0.1, 0.15) is 42.5 Å². The molecule has 3 amide bonds. The Hall–Kier alpha value is -4.33. The molecule has 2 heterocycles. The molecule has 0 bridgehead atoms. The SMILES string of the molecule is CN1C(=O)c2ccc(C(=O)Nc3ccc4nc(Cc5ccccc5F)[nH]c4c3)cc2C1=O. The van der Waals surface area contributed by atoms with E-state index in [1.54, 1.807) is 36.4 Å². The number of nitrogens with one attached hydrogen (secondary N) is 2. The van der Waals surface area contributed by atoms with Crippen molar-refractivity contribution in [2.75, 3.05) is 12.4 Å². The molecule has 4 aromatic rings. The zero-order chi connectivity index (χ0) is 22.4. The monoisotopic (exact) mass is 428 g/mol. The molecule has 0 aliphatic carbocycles. The van der Waals surface area contributed by atoms with Crippen molar-refractivity contribution >= 4 is 34.4 Å². The van der Waals surface area contributed by atoms with Gasteiger partial charge < -0.3 is 10.3 Å². The van der Waals surface area contributed by atoms with Crippen LogP contribution in [0.2, 0.25) is 0 Å². The zero-order valence-corrected chi connectivity index (χ0v) is 17.0. The van der Waals surface area contributed by atoms with Crippen molar-refractivity contribution in [3.8, 4) is 0 Å². The van der Waals surface area contributed by atoms with Gasteiger partial charge >= 0.3 is 0 Å². The minimum Gasteiger partial charge on any atom is -0.342 e. The first kappa shape index (κ1) is 19.6. The Labute approximate surface area is 181 Å². The first-order valence-corrected chi connectivity index (χ1v) is 9.90. The number of H-pyrrole nitrogens is 1. The lowest BCUT2D eigenvalue weighted by molar-refractivity contribution is 0.0693. The van der Waals surface area contributed by atoms with Gasteiger partial charge in [-0.3, -0.25) is 19.3 Å². The van der Waals surface area contributed by atoms with Gasteiger partial charge in [-0.15, -0.1) is 0 Å². The molecular weight excluding hydrogens is 411 g/mol. The van der Waals surface area contributed by atoms with E-state index in [2.05, 4.69) is 15.3 Å². The molecular formula is C24H17FN4O3. The fraction of sp³-hybridized carbons (Fsp3) is 0.0833. The minimum absolute atomic E-state index is 0.215. The Morgan fingerprint density at radius 2 is 1.81 bits per heavy atom. The molecule has 5 rings (SSSR count). The Bertz CT molecular complexity index is 1430. The highest BCUT2D eigenvalue weighted by atomic mass is 19.1. The van der Waals surface area contributed by atoms with Crippen LogP contribution in [0.5, 0.6) is 0 Å². The number of anilines is 1. The largest absolute Gasteiger partial charge is 0.342 e. The molecule has 0 atom stereocenters. The lowest BCUT2D eigenvalue weighted by Gasteiger charge is -2.06. The van der Waals surface area contributed by atoms with E-state index < -0.39 is 11.8 Å². The molecule has 0 fully saturated rings. The smallest absolute Gasteiger partial charge is 0.261 e. The summed E-state index contributed by atoms with van der Waals surface area (Å²) >= 11 is 0. The van der Waals surface area contributed by atoms with Gasteiger partial charge in [0.15, 0.2) is 0 Å². The van der Waals surface area contributed by atoms with Gasteiger partial charge in [-0.1, -0.05) is 18.2 Å². The number of imidazole rings is 1. The average Bonchev–Trinajstić information content (AvgIpc) is 3.28. The highest BCUT2D eigenvalue weighted by Crippen LogP contribution is 2.24. The number of carbonyl (C=O) groups is 3. The second kappa shape index (κ2) is 7.42. The van der Waals surface area contributed by atoms with Crippen LogP contribution in [0.15, 0.2) is 60.7 Å². The van der Waals surface area contributed by atoms with E-state index in [9.17, 15) is 18.8 Å². The van der Waals surface area contributed by atoms with E-state index in [-0.39, 0.29) is 28.4 Å². The summed E-state index contributed by atoms with van der Waals surface area (Å²) in [6, 6.07) is 16.2. The summed E-state index contributed by atoms with van der Waals surface area (Å²) < 4.78 is 13.9. The normalized spacial score (nSPS) is 13.0. The molecule has 0 spiro atoms. The predicted molar refractivity (Wildman–Crippen MR) is 116 cm³/mol. The minimum atomic E-state index is -0.430. The fourth-order valence-corrected chi connectivity index (χ4v) is 3.75. The van der Waals surface area contributed by atoms with Crippen LogP contribution in [-0.4, -0.2) is 39.6 Å². The number of imide groups is 1. The average molecular weight is 428 g/mol. The van der Waals surface area contributed by atoms with Crippen LogP contribution in [0.4, 0.5) is 10.1 Å². The molecule has 3 aromatic carbocycles. The number of hydrogen-bond donors (Lipinski definition) is 2. The highest BCUT2D eigenvalue weighted by molar-refractivity contribution is 6.22. The van der Waals surface area contributed by atoms with Crippen LogP contribution < -0.4 is 5.32 Å². The summed E-state index contributed by atoms with van der Waals surface area (Å²) in [5.41, 5.74) is 3.23. The van der Waals surface area contributed by atoms with Gasteiger partial charge in [0.1, 0.15) is 11.6 Å². The van der Waals surface area contributed by atoms with Gasteiger partial charge in [0.2, 0.25) is 0 Å². The number of amides is 3. The lowest BCUT2D eigenvalue weighted by Crippen LogP contribution is -2.24. The molecule has 0 saturated heterocycles. The van der Waals surface area contributed by atoms with Gasteiger partial charge in [0, 0.05) is 24.7 Å². The van der Waals surface area contributed by atoms with Crippen molar-refractivity contribution in [1.29, 1.82) is 0 Å². The van der Waals surface area contributed by atoms with E-state index in [0.717, 1.165) is 4.90 Å². The van der Waals surface area contributed by atoms with Crippen molar-refractivity contribution in [3.05, 3.63) is 94.6 Å². The maximum atomic E-state index is 13.9. The topological polar surface area (TPSA) is 95.2 Å². The number of fused-ring (bicyclic) bond motifs is 2. The number of halogens is 1. The molecule has 32 heavy (non-hydrogen) atoms. The number of aromatic amines is 1. The predicted octanol–water partition coefficient (Wildman–Crippen LogP) is 3.77. The molecule has 1 aliphatic heterocycles. The third kappa shape index (κ3) is 3.31. The number of nitrogens with zero attached hydrogens (tertiary/aromatic N) is 2. The van der Waals surface area contributed by atoms with Crippen molar-refractivity contribution in [1.82, 2.24) is 14.9 Å². The molecule has 8 heteroatoms. The Morgan fingerprint density at radius 3 is 2.62 bits per heavy atom. The van der Waals surface area contributed by atoms with Gasteiger partial charge in [-0.25, -0.2) is 9.37 Å². The van der Waals surface area contributed by atoms with E-state index in [1.807, 2.05) is 0 Å². The number of carbonyl (C=O) groups excluding carboxylic acids is 3. The lowest BCUT2D eigenvalue weighted by atomic mass is 10.1. The third-order valence-corrected chi connectivity index (χ3v) is 5.46. The summed E-state index contributed by atoms with van der Waals surface area (Å²) in [5, 5.41) is 2.79. The highest BCUT2D eigenvalue weighted by Gasteiger charge is 2.33. The number of rotatable bonds is 4. The summed E-state index contributed by atoms with van der Waals surface area (Å²) in [5.74, 6) is -0.900. The molecule has 2 N–H and O–H groups in total.